The third-order valence-electron chi connectivity index (χ3n) is 2.07. The van der Waals surface area contributed by atoms with Gasteiger partial charge in [-0.15, -0.1) is 0 Å². The van der Waals surface area contributed by atoms with Crippen LogP contribution in [-0.4, -0.2) is 41.8 Å². The summed E-state index contributed by atoms with van der Waals surface area (Å²) >= 11 is 0. The zero-order chi connectivity index (χ0) is 10.5. The Morgan fingerprint density at radius 1 is 1.46 bits per heavy atom. The van der Waals surface area contributed by atoms with Crippen LogP contribution in [-0.2, 0) is 0 Å². The van der Waals surface area contributed by atoms with Crippen LogP contribution in [0, 0.1) is 5.92 Å². The van der Waals surface area contributed by atoms with Crippen molar-refractivity contribution in [1.29, 1.82) is 0 Å². The summed E-state index contributed by atoms with van der Waals surface area (Å²) in [5.41, 5.74) is 4.72. The summed E-state index contributed by atoms with van der Waals surface area (Å²) in [6.07, 6.45) is 0. The minimum Gasteiger partial charge on any atom is -0.388 e. The van der Waals surface area contributed by atoms with Crippen molar-refractivity contribution < 1.29 is 5.11 Å². The van der Waals surface area contributed by atoms with Crippen molar-refractivity contribution in [2.24, 2.45) is 11.7 Å². The van der Waals surface area contributed by atoms with E-state index in [-0.39, 0.29) is 0 Å². The molecule has 0 aromatic heterocycles. The van der Waals surface area contributed by atoms with Gasteiger partial charge in [-0.25, -0.2) is 0 Å². The van der Waals surface area contributed by atoms with Crippen LogP contribution in [0.15, 0.2) is 0 Å². The highest BCUT2D eigenvalue weighted by atomic mass is 16.3. The quantitative estimate of drug-likeness (QED) is 0.644. The van der Waals surface area contributed by atoms with Crippen LogP contribution >= 0.6 is 0 Å². The van der Waals surface area contributed by atoms with Gasteiger partial charge in [0.1, 0.15) is 0 Å². The van der Waals surface area contributed by atoms with Gasteiger partial charge in [0.15, 0.2) is 0 Å². The number of nitrogens with two attached hydrogens (primary N) is 1. The first-order valence-corrected chi connectivity index (χ1v) is 5.06. The second kappa shape index (κ2) is 5.58. The Hall–Kier alpha value is -0.120. The van der Waals surface area contributed by atoms with Crippen LogP contribution in [0.25, 0.3) is 0 Å². The van der Waals surface area contributed by atoms with E-state index in [2.05, 4.69) is 25.7 Å². The molecule has 1 atom stereocenters. The van der Waals surface area contributed by atoms with Gasteiger partial charge in [0.05, 0.1) is 5.60 Å². The maximum absolute atomic E-state index is 9.77. The van der Waals surface area contributed by atoms with Crippen LogP contribution in [0.4, 0.5) is 0 Å². The molecule has 0 heterocycles. The van der Waals surface area contributed by atoms with Crippen molar-refractivity contribution in [1.82, 2.24) is 4.90 Å². The molecule has 0 amide bonds. The molecule has 0 spiro atoms. The van der Waals surface area contributed by atoms with E-state index in [4.69, 9.17) is 5.73 Å². The van der Waals surface area contributed by atoms with Crippen molar-refractivity contribution >= 4 is 0 Å². The molecule has 0 rings (SSSR count). The second-order valence-electron chi connectivity index (χ2n) is 4.42. The van der Waals surface area contributed by atoms with Crippen LogP contribution in [0.2, 0.25) is 0 Å². The largest absolute Gasteiger partial charge is 0.388 e. The predicted octanol–water partition coefficient (Wildman–Crippen LogP) is 0.674. The van der Waals surface area contributed by atoms with Crippen molar-refractivity contribution in [3.05, 3.63) is 0 Å². The SMILES string of the molecule is CCN(CC(C)C)CC(C)(O)CN. The molecule has 0 aliphatic carbocycles. The Bertz CT molecular complexity index is 135. The van der Waals surface area contributed by atoms with Crippen molar-refractivity contribution in [3.63, 3.8) is 0 Å². The standard InChI is InChI=1S/C10H24N2O/c1-5-12(6-9(2)3)8-10(4,13)7-11/h9,13H,5-8,11H2,1-4H3. The predicted molar refractivity (Wildman–Crippen MR) is 56.6 cm³/mol. The van der Waals surface area contributed by atoms with Crippen molar-refractivity contribution in [2.45, 2.75) is 33.3 Å². The van der Waals surface area contributed by atoms with Gasteiger partial charge in [-0.05, 0) is 19.4 Å². The summed E-state index contributed by atoms with van der Waals surface area (Å²) in [4.78, 5) is 2.23. The molecule has 3 heteroatoms. The molecule has 0 bridgehead atoms. The first-order valence-electron chi connectivity index (χ1n) is 5.06. The average molecular weight is 188 g/mol. The van der Waals surface area contributed by atoms with E-state index in [9.17, 15) is 5.11 Å². The van der Waals surface area contributed by atoms with E-state index in [1.54, 1.807) is 6.92 Å². The molecule has 3 N–H and O–H groups in total. The molecular weight excluding hydrogens is 164 g/mol. The minimum atomic E-state index is -0.745. The number of hydrogen-bond donors (Lipinski definition) is 2. The maximum Gasteiger partial charge on any atom is 0.0867 e. The first kappa shape index (κ1) is 12.9. The van der Waals surface area contributed by atoms with Gasteiger partial charge in [0.2, 0.25) is 0 Å². The summed E-state index contributed by atoms with van der Waals surface area (Å²) in [6.45, 7) is 11.2. The highest BCUT2D eigenvalue weighted by Gasteiger charge is 2.21. The molecule has 1 unspecified atom stereocenters. The topological polar surface area (TPSA) is 49.5 Å². The molecule has 13 heavy (non-hydrogen) atoms. The van der Waals surface area contributed by atoms with Crippen molar-refractivity contribution in [2.75, 3.05) is 26.2 Å². The summed E-state index contributed by atoms with van der Waals surface area (Å²) in [7, 11) is 0. The summed E-state index contributed by atoms with van der Waals surface area (Å²) in [5.74, 6) is 0.633. The molecule has 3 nitrogen and oxygen atoms in total. The monoisotopic (exact) mass is 188 g/mol. The third kappa shape index (κ3) is 6.02. The fourth-order valence-electron chi connectivity index (χ4n) is 1.37. The van der Waals surface area contributed by atoms with Crippen molar-refractivity contribution in [3.8, 4) is 0 Å². The van der Waals surface area contributed by atoms with Gasteiger partial charge in [0.25, 0.3) is 0 Å². The number of nitrogens with zero attached hydrogens (tertiary/aromatic N) is 1. The number of aliphatic hydroxyl groups is 1. The Kier molecular flexibility index (Phi) is 5.53. The van der Waals surface area contributed by atoms with Gasteiger partial charge in [0, 0.05) is 19.6 Å². The average Bonchev–Trinajstić information content (AvgIpc) is 2.02. The summed E-state index contributed by atoms with van der Waals surface area (Å²) in [6, 6.07) is 0. The van der Waals surface area contributed by atoms with Crippen LogP contribution in [0.3, 0.4) is 0 Å². The van der Waals surface area contributed by atoms with E-state index in [1.807, 2.05) is 0 Å². The molecule has 0 aliphatic rings. The highest BCUT2D eigenvalue weighted by molar-refractivity contribution is 4.78. The smallest absolute Gasteiger partial charge is 0.0867 e. The molecule has 80 valence electrons. The van der Waals surface area contributed by atoms with Gasteiger partial charge in [-0.1, -0.05) is 20.8 Å². The van der Waals surface area contributed by atoms with Crippen LogP contribution in [0.1, 0.15) is 27.7 Å². The van der Waals surface area contributed by atoms with Gasteiger partial charge < -0.3 is 15.7 Å². The number of hydrogen-bond acceptors (Lipinski definition) is 3. The van der Waals surface area contributed by atoms with Gasteiger partial charge in [-0.2, -0.15) is 0 Å². The Morgan fingerprint density at radius 3 is 2.31 bits per heavy atom. The second-order valence-corrected chi connectivity index (χ2v) is 4.42. The van der Waals surface area contributed by atoms with Crippen LogP contribution in [0.5, 0.6) is 0 Å². The van der Waals surface area contributed by atoms with E-state index in [0.29, 0.717) is 19.0 Å². The maximum atomic E-state index is 9.77. The molecule has 0 aromatic carbocycles. The van der Waals surface area contributed by atoms with E-state index in [0.717, 1.165) is 13.1 Å². The Morgan fingerprint density at radius 2 is 2.00 bits per heavy atom. The first-order chi connectivity index (χ1) is 5.91. The molecular formula is C10H24N2O. The fraction of sp³-hybridized carbons (Fsp3) is 1.00. The Labute approximate surface area is 81.9 Å². The normalized spacial score (nSPS) is 16.6. The van der Waals surface area contributed by atoms with E-state index < -0.39 is 5.60 Å². The summed E-state index contributed by atoms with van der Waals surface area (Å²) < 4.78 is 0. The number of likely N-dealkylation sites (N-methyl/N-ethyl adjacent to an activating group) is 1. The molecule has 0 saturated heterocycles. The Balaban J connectivity index is 3.97. The summed E-state index contributed by atoms with van der Waals surface area (Å²) in [5, 5.41) is 9.77. The lowest BCUT2D eigenvalue weighted by atomic mass is 10.1. The van der Waals surface area contributed by atoms with Gasteiger partial charge in [-0.3, -0.25) is 0 Å². The highest BCUT2D eigenvalue weighted by Crippen LogP contribution is 2.06. The molecule has 0 saturated carbocycles. The lowest BCUT2D eigenvalue weighted by Crippen LogP contribution is -2.46. The van der Waals surface area contributed by atoms with Crippen LogP contribution < -0.4 is 5.73 Å². The minimum absolute atomic E-state index is 0.321. The zero-order valence-electron chi connectivity index (χ0n) is 9.38. The third-order valence-corrected chi connectivity index (χ3v) is 2.07. The van der Waals surface area contributed by atoms with Gasteiger partial charge >= 0.3 is 0 Å². The van der Waals surface area contributed by atoms with E-state index in [1.165, 1.54) is 0 Å². The molecule has 0 aromatic rings. The lowest BCUT2D eigenvalue weighted by molar-refractivity contribution is 0.0257. The molecule has 0 fully saturated rings. The number of rotatable bonds is 6. The molecule has 0 aliphatic heterocycles. The van der Waals surface area contributed by atoms with E-state index >= 15 is 0 Å². The molecule has 0 radical (unpaired) electrons. The lowest BCUT2D eigenvalue weighted by Gasteiger charge is -2.30. The fourth-order valence-corrected chi connectivity index (χ4v) is 1.37. The zero-order valence-corrected chi connectivity index (χ0v) is 9.38.